The molecule has 0 saturated carbocycles. The lowest BCUT2D eigenvalue weighted by atomic mass is 10.1. The smallest absolute Gasteiger partial charge is 0.290 e. The second kappa shape index (κ2) is 6.23. The molecule has 3 rings (SSSR count). The zero-order valence-electron chi connectivity index (χ0n) is 12.3. The third-order valence-electron chi connectivity index (χ3n) is 3.26. The minimum absolute atomic E-state index is 0.0325. The number of hydrogen-bond donors (Lipinski definition) is 0. The number of pyridine rings is 2. The van der Waals surface area contributed by atoms with E-state index in [0.717, 1.165) is 11.3 Å². The van der Waals surface area contributed by atoms with Gasteiger partial charge in [-0.25, -0.2) is 4.98 Å². The summed E-state index contributed by atoms with van der Waals surface area (Å²) in [5.74, 6) is 0.813. The monoisotopic (exact) mass is 307 g/mol. The van der Waals surface area contributed by atoms with E-state index in [2.05, 4.69) is 9.97 Å². The summed E-state index contributed by atoms with van der Waals surface area (Å²) >= 11 is 0. The van der Waals surface area contributed by atoms with Crippen molar-refractivity contribution in [3.63, 3.8) is 0 Å². The predicted molar refractivity (Wildman–Crippen MR) is 85.4 cm³/mol. The Kier molecular flexibility index (Phi) is 3.97. The van der Waals surface area contributed by atoms with Crippen LogP contribution < -0.4 is 4.74 Å². The van der Waals surface area contributed by atoms with Gasteiger partial charge in [0.2, 0.25) is 5.88 Å². The molecule has 0 bridgehead atoms. The maximum Gasteiger partial charge on any atom is 0.290 e. The van der Waals surface area contributed by atoms with Gasteiger partial charge in [0.05, 0.1) is 16.8 Å². The summed E-state index contributed by atoms with van der Waals surface area (Å²) in [4.78, 5) is 18.7. The van der Waals surface area contributed by atoms with E-state index in [-0.39, 0.29) is 5.69 Å². The van der Waals surface area contributed by atoms with Gasteiger partial charge >= 0.3 is 0 Å². The summed E-state index contributed by atoms with van der Waals surface area (Å²) in [6.45, 7) is 1.57. The van der Waals surface area contributed by atoms with Crippen LogP contribution in [0.3, 0.4) is 0 Å². The van der Waals surface area contributed by atoms with Crippen LogP contribution in [-0.2, 0) is 0 Å². The van der Waals surface area contributed by atoms with E-state index in [4.69, 9.17) is 4.74 Å². The summed E-state index contributed by atoms with van der Waals surface area (Å²) in [5.41, 5.74) is 2.13. The van der Waals surface area contributed by atoms with E-state index >= 15 is 0 Å². The molecule has 0 aliphatic carbocycles. The molecule has 0 N–H and O–H groups in total. The van der Waals surface area contributed by atoms with Gasteiger partial charge in [-0.2, -0.15) is 0 Å². The number of aryl methyl sites for hydroxylation is 1. The van der Waals surface area contributed by atoms with Crippen molar-refractivity contribution in [1.82, 2.24) is 9.97 Å². The quantitative estimate of drug-likeness (QED) is 0.534. The van der Waals surface area contributed by atoms with Crippen LogP contribution >= 0.6 is 0 Å². The van der Waals surface area contributed by atoms with Gasteiger partial charge in [-0.15, -0.1) is 0 Å². The Labute approximate surface area is 132 Å². The number of rotatable bonds is 4. The second-order valence-corrected chi connectivity index (χ2v) is 4.86. The molecule has 6 heteroatoms. The van der Waals surface area contributed by atoms with Crippen LogP contribution in [0.2, 0.25) is 0 Å². The molecule has 0 saturated heterocycles. The highest BCUT2D eigenvalue weighted by Crippen LogP contribution is 2.25. The van der Waals surface area contributed by atoms with Crippen LogP contribution in [0.5, 0.6) is 11.6 Å². The molecule has 114 valence electrons. The number of benzene rings is 1. The van der Waals surface area contributed by atoms with Crippen LogP contribution in [0.4, 0.5) is 5.69 Å². The molecule has 3 aromatic rings. The molecule has 0 spiro atoms. The molecule has 6 nitrogen and oxygen atoms in total. The van der Waals surface area contributed by atoms with Gasteiger partial charge in [-0.3, -0.25) is 15.1 Å². The second-order valence-electron chi connectivity index (χ2n) is 4.86. The standard InChI is InChI=1S/C17H13N3O3/c1-12-16(20(21)22)9-10-17(19-12)23-14-7-8-15(18-11-14)13-5-3-2-4-6-13/h2-11H,1H3. The average molecular weight is 307 g/mol. The summed E-state index contributed by atoms with van der Waals surface area (Å²) in [5, 5.41) is 10.8. The molecule has 0 amide bonds. The molecular formula is C17H13N3O3. The maximum atomic E-state index is 10.8. The highest BCUT2D eigenvalue weighted by molar-refractivity contribution is 5.59. The first-order valence-electron chi connectivity index (χ1n) is 6.95. The van der Waals surface area contributed by atoms with Gasteiger partial charge in [0.1, 0.15) is 11.4 Å². The van der Waals surface area contributed by atoms with E-state index in [9.17, 15) is 10.1 Å². The van der Waals surface area contributed by atoms with E-state index in [1.807, 2.05) is 36.4 Å². The first kappa shape index (κ1) is 14.6. The van der Waals surface area contributed by atoms with Crippen molar-refractivity contribution >= 4 is 5.69 Å². The van der Waals surface area contributed by atoms with E-state index < -0.39 is 4.92 Å². The Bertz CT molecular complexity index is 833. The summed E-state index contributed by atoms with van der Waals surface area (Å²) in [7, 11) is 0. The Balaban J connectivity index is 1.79. The molecule has 2 aromatic heterocycles. The zero-order valence-corrected chi connectivity index (χ0v) is 12.3. The fourth-order valence-corrected chi connectivity index (χ4v) is 2.12. The van der Waals surface area contributed by atoms with E-state index in [0.29, 0.717) is 17.3 Å². The van der Waals surface area contributed by atoms with Gasteiger partial charge in [0.25, 0.3) is 5.69 Å². The molecule has 1 aromatic carbocycles. The third-order valence-corrected chi connectivity index (χ3v) is 3.26. The third kappa shape index (κ3) is 3.32. The molecule has 0 aliphatic rings. The van der Waals surface area contributed by atoms with E-state index in [1.165, 1.54) is 12.1 Å². The fraction of sp³-hybridized carbons (Fsp3) is 0.0588. The molecular weight excluding hydrogens is 294 g/mol. The molecule has 0 aliphatic heterocycles. The van der Waals surface area contributed by atoms with Crippen molar-refractivity contribution in [2.75, 3.05) is 0 Å². The van der Waals surface area contributed by atoms with Crippen LogP contribution in [-0.4, -0.2) is 14.9 Å². The number of hydrogen-bond acceptors (Lipinski definition) is 5. The number of aromatic nitrogens is 2. The van der Waals surface area contributed by atoms with Gasteiger partial charge in [-0.05, 0) is 19.1 Å². The topological polar surface area (TPSA) is 78.2 Å². The SMILES string of the molecule is Cc1nc(Oc2ccc(-c3ccccc3)nc2)ccc1[N+](=O)[O-]. The molecule has 0 radical (unpaired) electrons. The lowest BCUT2D eigenvalue weighted by molar-refractivity contribution is -0.385. The minimum Gasteiger partial charge on any atom is -0.437 e. The molecule has 2 heterocycles. The molecule has 23 heavy (non-hydrogen) atoms. The highest BCUT2D eigenvalue weighted by Gasteiger charge is 2.12. The Morgan fingerprint density at radius 1 is 1.04 bits per heavy atom. The van der Waals surface area contributed by atoms with Crippen LogP contribution in [0, 0.1) is 17.0 Å². The van der Waals surface area contributed by atoms with Crippen molar-refractivity contribution < 1.29 is 9.66 Å². The van der Waals surface area contributed by atoms with Crippen molar-refractivity contribution in [1.29, 1.82) is 0 Å². The summed E-state index contributed by atoms with van der Waals surface area (Å²) < 4.78 is 5.59. The molecule has 0 unspecified atom stereocenters. The van der Waals surface area contributed by atoms with Crippen molar-refractivity contribution in [3.05, 3.63) is 76.6 Å². The lowest BCUT2D eigenvalue weighted by Crippen LogP contribution is -1.96. The Morgan fingerprint density at radius 2 is 1.83 bits per heavy atom. The van der Waals surface area contributed by atoms with Crippen LogP contribution in [0.1, 0.15) is 5.69 Å². The van der Waals surface area contributed by atoms with Gasteiger partial charge in [0, 0.05) is 17.7 Å². The molecule has 0 fully saturated rings. The largest absolute Gasteiger partial charge is 0.437 e. The van der Waals surface area contributed by atoms with Crippen molar-refractivity contribution in [2.45, 2.75) is 6.92 Å². The molecule has 0 atom stereocenters. The summed E-state index contributed by atoms with van der Waals surface area (Å²) in [6.07, 6.45) is 1.60. The minimum atomic E-state index is -0.470. The fourth-order valence-electron chi connectivity index (χ4n) is 2.12. The predicted octanol–water partition coefficient (Wildman–Crippen LogP) is 4.15. The average Bonchev–Trinajstić information content (AvgIpc) is 2.56. The van der Waals surface area contributed by atoms with Gasteiger partial charge in [0.15, 0.2) is 0 Å². The number of nitrogens with zero attached hydrogens (tertiary/aromatic N) is 3. The van der Waals surface area contributed by atoms with Gasteiger partial charge in [-0.1, -0.05) is 30.3 Å². The lowest BCUT2D eigenvalue weighted by Gasteiger charge is -2.06. The zero-order chi connectivity index (χ0) is 16.2. The highest BCUT2D eigenvalue weighted by atomic mass is 16.6. The van der Waals surface area contributed by atoms with Crippen molar-refractivity contribution in [3.8, 4) is 22.9 Å². The Hall–Kier alpha value is -3.28. The summed E-state index contributed by atoms with van der Waals surface area (Å²) in [6, 6.07) is 16.3. The maximum absolute atomic E-state index is 10.8. The number of ether oxygens (including phenoxy) is 1. The first-order valence-corrected chi connectivity index (χ1v) is 6.95. The van der Waals surface area contributed by atoms with Gasteiger partial charge < -0.3 is 4.74 Å². The van der Waals surface area contributed by atoms with E-state index in [1.54, 1.807) is 19.2 Å². The van der Waals surface area contributed by atoms with Crippen LogP contribution in [0.25, 0.3) is 11.3 Å². The van der Waals surface area contributed by atoms with Crippen LogP contribution in [0.15, 0.2) is 60.8 Å². The first-order chi connectivity index (χ1) is 11.1. The normalized spacial score (nSPS) is 10.3. The number of nitro groups is 1. The Morgan fingerprint density at radius 3 is 2.43 bits per heavy atom. The van der Waals surface area contributed by atoms with Crippen molar-refractivity contribution in [2.24, 2.45) is 0 Å².